The van der Waals surface area contributed by atoms with Gasteiger partial charge in [-0.1, -0.05) is 40.9 Å². The summed E-state index contributed by atoms with van der Waals surface area (Å²) in [7, 11) is 0. The summed E-state index contributed by atoms with van der Waals surface area (Å²) in [5.74, 6) is 3.08. The van der Waals surface area contributed by atoms with Gasteiger partial charge in [-0.25, -0.2) is 4.68 Å². The maximum absolute atomic E-state index is 6.22. The Labute approximate surface area is 132 Å². The van der Waals surface area contributed by atoms with Crippen molar-refractivity contribution in [3.05, 3.63) is 40.5 Å². The lowest BCUT2D eigenvalue weighted by molar-refractivity contribution is 0.669. The Kier molecular flexibility index (Phi) is 3.90. The quantitative estimate of drug-likeness (QED) is 0.749. The van der Waals surface area contributed by atoms with Crippen LogP contribution in [0.1, 0.15) is 11.3 Å². The second-order valence-electron chi connectivity index (χ2n) is 4.73. The fraction of sp³-hybridized carbons (Fsp3) is 0.200. The minimum Gasteiger partial charge on any atom is -0.356 e. The van der Waals surface area contributed by atoms with Crippen LogP contribution in [0.4, 0.5) is 5.82 Å². The Hall–Kier alpha value is -2.65. The highest BCUT2D eigenvalue weighted by Crippen LogP contribution is 2.23. The van der Waals surface area contributed by atoms with E-state index in [1.165, 1.54) is 0 Å². The molecule has 0 aliphatic carbocycles. The fourth-order valence-corrected chi connectivity index (χ4v) is 2.36. The molecule has 1 aromatic carbocycles. The highest BCUT2D eigenvalue weighted by atomic mass is 35.5. The van der Waals surface area contributed by atoms with Gasteiger partial charge in [0.1, 0.15) is 11.0 Å². The van der Waals surface area contributed by atoms with Gasteiger partial charge in [-0.3, -0.25) is 0 Å². The summed E-state index contributed by atoms with van der Waals surface area (Å²) in [6.45, 7) is 2.69. The summed E-state index contributed by atoms with van der Waals surface area (Å²) in [5.41, 5.74) is 3.13. The first-order chi connectivity index (χ1) is 10.7. The molecule has 0 amide bonds. The third-order valence-corrected chi connectivity index (χ3v) is 3.61. The van der Waals surface area contributed by atoms with Crippen LogP contribution >= 0.6 is 11.6 Å². The number of hydrogen-bond acceptors (Lipinski definition) is 5. The summed E-state index contributed by atoms with van der Waals surface area (Å²) in [6.07, 6.45) is 5.29. The second kappa shape index (κ2) is 6.00. The first-order valence-corrected chi connectivity index (χ1v) is 7.05. The monoisotopic (exact) mass is 312 g/mol. The van der Waals surface area contributed by atoms with E-state index in [1.54, 1.807) is 4.68 Å². The fourth-order valence-electron chi connectivity index (χ4n) is 2.16. The smallest absolute Gasteiger partial charge is 0.177 e. The van der Waals surface area contributed by atoms with E-state index in [1.807, 2.05) is 31.2 Å². The van der Waals surface area contributed by atoms with Gasteiger partial charge in [0.15, 0.2) is 5.82 Å². The molecule has 0 aliphatic heterocycles. The zero-order chi connectivity index (χ0) is 15.5. The molecule has 0 aliphatic rings. The number of nitrogens with zero attached hydrogens (tertiary/aromatic N) is 5. The van der Waals surface area contributed by atoms with Gasteiger partial charge in [0.2, 0.25) is 0 Å². The van der Waals surface area contributed by atoms with E-state index in [0.717, 1.165) is 11.1 Å². The zero-order valence-electron chi connectivity index (χ0n) is 11.9. The van der Waals surface area contributed by atoms with Crippen molar-refractivity contribution in [2.45, 2.75) is 13.5 Å². The number of benzene rings is 1. The molecule has 0 bridgehead atoms. The predicted molar refractivity (Wildman–Crippen MR) is 85.7 cm³/mol. The van der Waals surface area contributed by atoms with Crippen LogP contribution in [0.15, 0.2) is 24.3 Å². The Balaban J connectivity index is 2.08. The van der Waals surface area contributed by atoms with Crippen LogP contribution in [0.3, 0.4) is 0 Å². The van der Waals surface area contributed by atoms with Gasteiger partial charge in [0.25, 0.3) is 0 Å². The molecule has 7 heteroatoms. The molecular weight excluding hydrogens is 300 g/mol. The lowest BCUT2D eigenvalue weighted by atomic mass is 10.2. The van der Waals surface area contributed by atoms with Crippen LogP contribution < -0.4 is 5.32 Å². The van der Waals surface area contributed by atoms with Crippen molar-refractivity contribution in [3.8, 4) is 12.3 Å². The normalized spacial score (nSPS) is 10.6. The maximum atomic E-state index is 6.22. The Bertz CT molecular complexity index is 864. The van der Waals surface area contributed by atoms with Crippen LogP contribution in [0.2, 0.25) is 5.02 Å². The molecule has 1 N–H and O–H groups in total. The molecule has 6 nitrogen and oxygen atoms in total. The Morgan fingerprint density at radius 3 is 2.86 bits per heavy atom. The number of aromatic nitrogens is 5. The van der Waals surface area contributed by atoms with E-state index < -0.39 is 0 Å². The van der Waals surface area contributed by atoms with E-state index in [0.29, 0.717) is 35.1 Å². The molecule has 2 aromatic heterocycles. The topological polar surface area (TPSA) is 68.5 Å². The number of terminal acetylenes is 1. The minimum absolute atomic E-state index is 0.351. The molecule has 2 heterocycles. The molecule has 3 rings (SSSR count). The lowest BCUT2D eigenvalue weighted by Crippen LogP contribution is -2.08. The van der Waals surface area contributed by atoms with Crippen molar-refractivity contribution in [2.24, 2.45) is 0 Å². The van der Waals surface area contributed by atoms with E-state index in [9.17, 15) is 0 Å². The number of fused-ring (bicyclic) bond motifs is 1. The molecular formula is C15H13ClN6. The average molecular weight is 313 g/mol. The summed E-state index contributed by atoms with van der Waals surface area (Å²) in [4.78, 5) is 0. The van der Waals surface area contributed by atoms with Gasteiger partial charge < -0.3 is 5.32 Å². The molecule has 0 spiro atoms. The SMILES string of the molecule is C#CCNc1nnc(C)c2nnn(Cc3ccccc3Cl)c12. The van der Waals surface area contributed by atoms with Gasteiger partial charge in [-0.05, 0) is 18.6 Å². The van der Waals surface area contributed by atoms with Crippen molar-refractivity contribution in [1.82, 2.24) is 25.2 Å². The highest BCUT2D eigenvalue weighted by Gasteiger charge is 2.15. The molecule has 110 valence electrons. The van der Waals surface area contributed by atoms with Gasteiger partial charge in [0, 0.05) is 5.02 Å². The first-order valence-electron chi connectivity index (χ1n) is 6.68. The van der Waals surface area contributed by atoms with E-state index in [2.05, 4.69) is 31.7 Å². The summed E-state index contributed by atoms with van der Waals surface area (Å²) >= 11 is 6.22. The van der Waals surface area contributed by atoms with Crippen molar-refractivity contribution < 1.29 is 0 Å². The number of halogens is 1. The third kappa shape index (κ3) is 2.59. The Morgan fingerprint density at radius 1 is 1.27 bits per heavy atom. The third-order valence-electron chi connectivity index (χ3n) is 3.24. The largest absolute Gasteiger partial charge is 0.356 e. The maximum Gasteiger partial charge on any atom is 0.177 e. The Morgan fingerprint density at radius 2 is 2.09 bits per heavy atom. The van der Waals surface area contributed by atoms with Gasteiger partial charge >= 0.3 is 0 Å². The molecule has 0 saturated heterocycles. The van der Waals surface area contributed by atoms with E-state index in [4.69, 9.17) is 18.0 Å². The summed E-state index contributed by atoms with van der Waals surface area (Å²) in [5, 5.41) is 20.3. The number of rotatable bonds is 4. The van der Waals surface area contributed by atoms with Gasteiger partial charge in [0.05, 0.1) is 18.8 Å². The number of anilines is 1. The van der Waals surface area contributed by atoms with Gasteiger partial charge in [-0.2, -0.15) is 5.10 Å². The van der Waals surface area contributed by atoms with Crippen LogP contribution in [-0.4, -0.2) is 31.7 Å². The number of hydrogen-bond donors (Lipinski definition) is 1. The standard InChI is InChI=1S/C15H13ClN6/c1-3-8-17-15-14-13(10(2)18-20-15)19-21-22(14)9-11-6-4-5-7-12(11)16/h1,4-7H,8-9H2,2H3,(H,17,20). The molecule has 3 aromatic rings. The molecule has 0 fully saturated rings. The van der Waals surface area contributed by atoms with Gasteiger partial charge in [-0.15, -0.1) is 16.6 Å². The summed E-state index contributed by atoms with van der Waals surface area (Å²) in [6, 6.07) is 7.62. The van der Waals surface area contributed by atoms with Crippen LogP contribution in [0.25, 0.3) is 11.0 Å². The second-order valence-corrected chi connectivity index (χ2v) is 5.13. The van der Waals surface area contributed by atoms with Crippen LogP contribution in [0.5, 0.6) is 0 Å². The zero-order valence-corrected chi connectivity index (χ0v) is 12.7. The molecule has 22 heavy (non-hydrogen) atoms. The van der Waals surface area contributed by atoms with E-state index >= 15 is 0 Å². The molecule has 0 atom stereocenters. The molecule has 0 unspecified atom stereocenters. The van der Waals surface area contributed by atoms with Crippen molar-refractivity contribution in [3.63, 3.8) is 0 Å². The average Bonchev–Trinajstić information content (AvgIpc) is 2.94. The highest BCUT2D eigenvalue weighted by molar-refractivity contribution is 6.31. The predicted octanol–water partition coefficient (Wildman–Crippen LogP) is 2.28. The number of aryl methyl sites for hydroxylation is 1. The van der Waals surface area contributed by atoms with Crippen LogP contribution in [-0.2, 0) is 6.54 Å². The lowest BCUT2D eigenvalue weighted by Gasteiger charge is -2.08. The van der Waals surface area contributed by atoms with E-state index in [-0.39, 0.29) is 0 Å². The van der Waals surface area contributed by atoms with Crippen molar-refractivity contribution in [1.29, 1.82) is 0 Å². The van der Waals surface area contributed by atoms with Crippen molar-refractivity contribution >= 4 is 28.5 Å². The van der Waals surface area contributed by atoms with Crippen LogP contribution in [0, 0.1) is 19.3 Å². The minimum atomic E-state index is 0.351. The molecule has 0 radical (unpaired) electrons. The first kappa shape index (κ1) is 14.3. The van der Waals surface area contributed by atoms with Crippen molar-refractivity contribution in [2.75, 3.05) is 11.9 Å². The molecule has 0 saturated carbocycles. The summed E-state index contributed by atoms with van der Waals surface area (Å²) < 4.78 is 1.75. The number of nitrogens with one attached hydrogen (secondary N) is 1.